The van der Waals surface area contributed by atoms with E-state index in [1.807, 2.05) is 0 Å². The van der Waals surface area contributed by atoms with E-state index in [9.17, 15) is 15.0 Å². The van der Waals surface area contributed by atoms with Crippen LogP contribution >= 0.6 is 0 Å². The van der Waals surface area contributed by atoms with Gasteiger partial charge in [0.05, 0.1) is 11.8 Å². The number of hydrogen-bond donors (Lipinski definition) is 4. The Hall–Kier alpha value is -2.37. The van der Waals surface area contributed by atoms with Crippen molar-refractivity contribution in [2.45, 2.75) is 64.5 Å². The summed E-state index contributed by atoms with van der Waals surface area (Å²) in [7, 11) is 0. The molecule has 0 spiro atoms. The van der Waals surface area contributed by atoms with Gasteiger partial charge in [0.25, 0.3) is 0 Å². The van der Waals surface area contributed by atoms with Gasteiger partial charge in [0.1, 0.15) is 5.75 Å². The molecule has 2 aromatic carbocycles. The number of phenolic OH excluding ortho intramolecular Hbond substituents is 1. The summed E-state index contributed by atoms with van der Waals surface area (Å²) >= 11 is 0. The Balaban J connectivity index is 1.44. The predicted molar refractivity (Wildman–Crippen MR) is 114 cm³/mol. The minimum atomic E-state index is -0.680. The van der Waals surface area contributed by atoms with Crippen LogP contribution in [0.3, 0.4) is 0 Å². The molecule has 1 amide bonds. The highest BCUT2D eigenvalue weighted by Gasteiger charge is 2.26. The molecule has 0 bridgehead atoms. The second-order valence-corrected chi connectivity index (χ2v) is 8.20. The fourth-order valence-electron chi connectivity index (χ4n) is 4.78. The van der Waals surface area contributed by atoms with Gasteiger partial charge >= 0.3 is 0 Å². The molecule has 0 aromatic heterocycles. The van der Waals surface area contributed by atoms with E-state index >= 15 is 0 Å². The first-order valence-electron chi connectivity index (χ1n) is 10.7. The van der Waals surface area contributed by atoms with E-state index in [-0.39, 0.29) is 11.7 Å². The molecule has 1 aliphatic carbocycles. The zero-order valence-electron chi connectivity index (χ0n) is 17.2. The Labute approximate surface area is 172 Å². The summed E-state index contributed by atoms with van der Waals surface area (Å²) in [6.45, 7) is 4.87. The van der Waals surface area contributed by atoms with Crippen LogP contribution in [0.2, 0.25) is 0 Å². The SMILES string of the molecule is CCc1cc2c(cc1CC)CC(NCC(O)c1ccc(O)c3c1CCC(=O)N3)C2. The smallest absolute Gasteiger partial charge is 0.224 e. The third-order valence-electron chi connectivity index (χ3n) is 6.37. The van der Waals surface area contributed by atoms with Crippen LogP contribution in [0, 0.1) is 0 Å². The first-order valence-corrected chi connectivity index (χ1v) is 10.7. The lowest BCUT2D eigenvalue weighted by molar-refractivity contribution is -0.116. The van der Waals surface area contributed by atoms with Crippen molar-refractivity contribution < 1.29 is 15.0 Å². The quantitative estimate of drug-likeness (QED) is 0.567. The molecule has 0 saturated heterocycles. The molecule has 5 nitrogen and oxygen atoms in total. The lowest BCUT2D eigenvalue weighted by Gasteiger charge is -2.24. The summed E-state index contributed by atoms with van der Waals surface area (Å²) in [5, 5.41) is 27.1. The normalized spacial score (nSPS) is 17.0. The molecule has 1 atom stereocenters. The lowest BCUT2D eigenvalue weighted by Crippen LogP contribution is -2.33. The van der Waals surface area contributed by atoms with E-state index in [0.717, 1.165) is 36.8 Å². The summed E-state index contributed by atoms with van der Waals surface area (Å²) in [6.07, 6.45) is 4.34. The van der Waals surface area contributed by atoms with Gasteiger partial charge in [0.15, 0.2) is 0 Å². The van der Waals surface area contributed by atoms with Gasteiger partial charge < -0.3 is 20.8 Å². The van der Waals surface area contributed by atoms with E-state index < -0.39 is 6.10 Å². The first kappa shape index (κ1) is 19.9. The van der Waals surface area contributed by atoms with Crippen molar-refractivity contribution in [3.8, 4) is 5.75 Å². The number of anilines is 1. The zero-order chi connectivity index (χ0) is 20.5. The van der Waals surface area contributed by atoms with Crippen LogP contribution in [0.15, 0.2) is 24.3 Å². The van der Waals surface area contributed by atoms with Gasteiger partial charge in [-0.15, -0.1) is 0 Å². The molecule has 1 aliphatic heterocycles. The second kappa shape index (κ2) is 8.17. The van der Waals surface area contributed by atoms with Gasteiger partial charge in [0, 0.05) is 19.0 Å². The van der Waals surface area contributed by atoms with Gasteiger partial charge in [-0.1, -0.05) is 32.0 Å². The second-order valence-electron chi connectivity index (χ2n) is 8.20. The number of aliphatic hydroxyl groups is 1. The summed E-state index contributed by atoms with van der Waals surface area (Å²) in [5.41, 5.74) is 7.82. The fraction of sp³-hybridized carbons (Fsp3) is 0.458. The molecular formula is C24H30N2O3. The van der Waals surface area contributed by atoms with E-state index in [1.165, 1.54) is 22.3 Å². The Morgan fingerprint density at radius 1 is 1.10 bits per heavy atom. The number of aromatic hydroxyl groups is 1. The highest BCUT2D eigenvalue weighted by molar-refractivity contribution is 5.96. The molecule has 0 fully saturated rings. The number of amides is 1. The van der Waals surface area contributed by atoms with Gasteiger partial charge in [0.2, 0.25) is 5.91 Å². The molecular weight excluding hydrogens is 364 g/mol. The van der Waals surface area contributed by atoms with Crippen LogP contribution < -0.4 is 10.6 Å². The average molecular weight is 395 g/mol. The van der Waals surface area contributed by atoms with Crippen molar-refractivity contribution in [3.63, 3.8) is 0 Å². The number of aliphatic hydroxyl groups excluding tert-OH is 1. The van der Waals surface area contributed by atoms with Crippen LogP contribution in [-0.4, -0.2) is 28.7 Å². The highest BCUT2D eigenvalue weighted by Crippen LogP contribution is 2.36. The summed E-state index contributed by atoms with van der Waals surface area (Å²) < 4.78 is 0. The molecule has 0 saturated carbocycles. The predicted octanol–water partition coefficient (Wildman–Crippen LogP) is 3.19. The molecule has 0 radical (unpaired) electrons. The van der Waals surface area contributed by atoms with Gasteiger partial charge in [-0.25, -0.2) is 0 Å². The summed E-state index contributed by atoms with van der Waals surface area (Å²) in [6, 6.07) is 8.37. The summed E-state index contributed by atoms with van der Waals surface area (Å²) in [5.74, 6) is -0.0409. The van der Waals surface area contributed by atoms with Gasteiger partial charge in [-0.05, 0) is 71.6 Å². The largest absolute Gasteiger partial charge is 0.506 e. The number of aryl methyl sites for hydroxylation is 2. The number of hydrogen-bond acceptors (Lipinski definition) is 4. The van der Waals surface area contributed by atoms with E-state index in [2.05, 4.69) is 36.6 Å². The van der Waals surface area contributed by atoms with Gasteiger partial charge in [-0.2, -0.15) is 0 Å². The van der Waals surface area contributed by atoms with Crippen LogP contribution in [-0.2, 0) is 36.9 Å². The molecule has 1 heterocycles. The number of carbonyl (C=O) groups excluding carboxylic acids is 1. The fourth-order valence-corrected chi connectivity index (χ4v) is 4.78. The zero-order valence-corrected chi connectivity index (χ0v) is 17.2. The molecule has 2 aliphatic rings. The molecule has 5 heteroatoms. The Morgan fingerprint density at radius 3 is 2.38 bits per heavy atom. The number of rotatable bonds is 6. The standard InChI is InChI=1S/C24H30N2O3/c1-3-14-9-16-11-18(12-17(16)10-15(14)4-2)25-13-22(28)19-5-7-21(27)24-20(19)6-8-23(29)26-24/h5,7,9-10,18,22,25,27-28H,3-4,6,8,11-13H2,1-2H3,(H,26,29). The van der Waals surface area contributed by atoms with Crippen molar-refractivity contribution in [1.82, 2.24) is 5.32 Å². The number of carbonyl (C=O) groups is 1. The third-order valence-corrected chi connectivity index (χ3v) is 6.37. The van der Waals surface area contributed by atoms with E-state index in [0.29, 0.717) is 31.1 Å². The lowest BCUT2D eigenvalue weighted by atomic mass is 9.93. The number of fused-ring (bicyclic) bond motifs is 2. The monoisotopic (exact) mass is 394 g/mol. The number of nitrogens with one attached hydrogen (secondary N) is 2. The Bertz CT molecular complexity index is 905. The van der Waals surface area contributed by atoms with Crippen LogP contribution in [0.25, 0.3) is 0 Å². The van der Waals surface area contributed by atoms with Crippen molar-refractivity contribution in [2.75, 3.05) is 11.9 Å². The van der Waals surface area contributed by atoms with Gasteiger partial charge in [-0.3, -0.25) is 4.79 Å². The summed E-state index contributed by atoms with van der Waals surface area (Å²) in [4.78, 5) is 11.7. The maximum atomic E-state index is 11.7. The molecule has 4 N–H and O–H groups in total. The van der Waals surface area contributed by atoms with Crippen molar-refractivity contribution in [1.29, 1.82) is 0 Å². The van der Waals surface area contributed by atoms with Crippen LogP contribution in [0.4, 0.5) is 5.69 Å². The van der Waals surface area contributed by atoms with Crippen molar-refractivity contribution in [3.05, 3.63) is 57.6 Å². The molecule has 154 valence electrons. The van der Waals surface area contributed by atoms with E-state index in [1.54, 1.807) is 12.1 Å². The maximum absolute atomic E-state index is 11.7. The van der Waals surface area contributed by atoms with Crippen molar-refractivity contribution >= 4 is 11.6 Å². The molecule has 29 heavy (non-hydrogen) atoms. The Morgan fingerprint density at radius 2 is 1.76 bits per heavy atom. The molecule has 4 rings (SSSR count). The molecule has 1 unspecified atom stereocenters. The van der Waals surface area contributed by atoms with Crippen LogP contribution in [0.1, 0.15) is 59.8 Å². The Kier molecular flexibility index (Phi) is 5.61. The minimum absolute atomic E-state index is 0.0571. The topological polar surface area (TPSA) is 81.6 Å². The van der Waals surface area contributed by atoms with E-state index in [4.69, 9.17) is 0 Å². The molecule has 2 aromatic rings. The number of phenols is 1. The average Bonchev–Trinajstić information content (AvgIpc) is 3.13. The van der Waals surface area contributed by atoms with Crippen LogP contribution in [0.5, 0.6) is 5.75 Å². The third kappa shape index (κ3) is 3.89. The maximum Gasteiger partial charge on any atom is 0.224 e. The first-order chi connectivity index (χ1) is 14.0. The minimum Gasteiger partial charge on any atom is -0.506 e. The van der Waals surface area contributed by atoms with Crippen molar-refractivity contribution in [2.24, 2.45) is 0 Å². The highest BCUT2D eigenvalue weighted by atomic mass is 16.3. The number of benzene rings is 2.